The first-order valence-electron chi connectivity index (χ1n) is 8.25. The Morgan fingerprint density at radius 2 is 2.22 bits per heavy atom. The smallest absolute Gasteiger partial charge is 0.305 e. The highest BCUT2D eigenvalue weighted by Crippen LogP contribution is 2.33. The molecular formula is C17H20BrN3O5S. The standard InChI is InChI=1S/C17H20BrN3O5S/c1-3-4-5-26-13-7-11(18)10(6-12(13)25-2)9-19-21-17-20-16(24)14(27-17)8-15(22)23/h6-7,9,14H,3-5,8H2,1-2H3,(H,22,23)(H,20,21,24). The van der Waals surface area contributed by atoms with E-state index in [0.717, 1.165) is 34.6 Å². The Bertz CT molecular complexity index is 769. The van der Waals surface area contributed by atoms with E-state index in [0.29, 0.717) is 18.1 Å². The Kier molecular flexibility index (Phi) is 8.11. The molecule has 1 unspecified atom stereocenters. The fourth-order valence-corrected chi connectivity index (χ4v) is 3.48. The van der Waals surface area contributed by atoms with Gasteiger partial charge in [0.15, 0.2) is 16.7 Å². The summed E-state index contributed by atoms with van der Waals surface area (Å²) < 4.78 is 11.8. The first-order chi connectivity index (χ1) is 12.9. The second-order valence-corrected chi connectivity index (χ2v) is 7.62. The van der Waals surface area contributed by atoms with E-state index in [2.05, 4.69) is 38.4 Å². The Balaban J connectivity index is 2.08. The van der Waals surface area contributed by atoms with Crippen LogP contribution in [0.1, 0.15) is 31.7 Å². The second-order valence-electron chi connectivity index (χ2n) is 5.57. The number of amides is 1. The van der Waals surface area contributed by atoms with E-state index in [-0.39, 0.29) is 17.5 Å². The van der Waals surface area contributed by atoms with Gasteiger partial charge in [0.1, 0.15) is 5.25 Å². The number of halogens is 1. The number of nitrogens with one attached hydrogen (secondary N) is 1. The lowest BCUT2D eigenvalue weighted by Gasteiger charge is -2.12. The zero-order valence-corrected chi connectivity index (χ0v) is 17.3. The van der Waals surface area contributed by atoms with Crippen molar-refractivity contribution in [1.82, 2.24) is 5.32 Å². The number of unbranched alkanes of at least 4 members (excludes halogenated alkanes) is 1. The van der Waals surface area contributed by atoms with Gasteiger partial charge in [0.25, 0.3) is 0 Å². The lowest BCUT2D eigenvalue weighted by atomic mass is 10.2. The molecular weight excluding hydrogens is 438 g/mol. The van der Waals surface area contributed by atoms with Crippen molar-refractivity contribution >= 4 is 51.0 Å². The van der Waals surface area contributed by atoms with Gasteiger partial charge in [-0.3, -0.25) is 9.59 Å². The molecule has 1 aromatic rings. The SMILES string of the molecule is CCCCOc1cc(Br)c(C=NN=C2NC(=O)C(CC(=O)O)S2)cc1OC. The minimum atomic E-state index is -1.04. The number of aliphatic carboxylic acids is 1. The van der Waals surface area contributed by atoms with Crippen LogP contribution in [0.25, 0.3) is 0 Å². The first-order valence-corrected chi connectivity index (χ1v) is 9.92. The van der Waals surface area contributed by atoms with Crippen LogP contribution in [0.4, 0.5) is 0 Å². The number of methoxy groups -OCH3 is 1. The number of rotatable bonds is 9. The van der Waals surface area contributed by atoms with Crippen molar-refractivity contribution in [3.63, 3.8) is 0 Å². The molecule has 1 atom stereocenters. The average Bonchev–Trinajstić information content (AvgIpc) is 2.95. The molecule has 1 aromatic carbocycles. The highest BCUT2D eigenvalue weighted by molar-refractivity contribution is 9.10. The lowest BCUT2D eigenvalue weighted by molar-refractivity contribution is -0.138. The predicted octanol–water partition coefficient (Wildman–Crippen LogP) is 3.03. The third-order valence-corrected chi connectivity index (χ3v) is 5.28. The van der Waals surface area contributed by atoms with Crippen LogP contribution in [-0.4, -0.2) is 47.3 Å². The highest BCUT2D eigenvalue weighted by atomic mass is 79.9. The lowest BCUT2D eigenvalue weighted by Crippen LogP contribution is -2.26. The van der Waals surface area contributed by atoms with Gasteiger partial charge in [-0.25, -0.2) is 0 Å². The van der Waals surface area contributed by atoms with E-state index in [1.165, 1.54) is 6.21 Å². The van der Waals surface area contributed by atoms with Gasteiger partial charge in [-0.1, -0.05) is 25.1 Å². The van der Waals surface area contributed by atoms with Gasteiger partial charge in [0, 0.05) is 10.0 Å². The molecule has 0 aliphatic carbocycles. The highest BCUT2D eigenvalue weighted by Gasteiger charge is 2.32. The molecule has 0 saturated carbocycles. The number of carbonyl (C=O) groups excluding carboxylic acids is 1. The van der Waals surface area contributed by atoms with E-state index in [4.69, 9.17) is 14.6 Å². The van der Waals surface area contributed by atoms with E-state index in [1.807, 2.05) is 0 Å². The average molecular weight is 458 g/mol. The molecule has 8 nitrogen and oxygen atoms in total. The van der Waals surface area contributed by atoms with Crippen molar-refractivity contribution in [3.8, 4) is 11.5 Å². The maximum Gasteiger partial charge on any atom is 0.305 e. The van der Waals surface area contributed by atoms with Gasteiger partial charge >= 0.3 is 5.97 Å². The Morgan fingerprint density at radius 3 is 2.89 bits per heavy atom. The maximum absolute atomic E-state index is 11.7. The number of carboxylic acid groups (broad SMARTS) is 1. The van der Waals surface area contributed by atoms with Gasteiger partial charge in [-0.2, -0.15) is 5.10 Å². The molecule has 2 N–H and O–H groups in total. The molecule has 1 amide bonds. The molecule has 0 spiro atoms. The molecule has 1 heterocycles. The minimum absolute atomic E-state index is 0.262. The maximum atomic E-state index is 11.7. The number of amidine groups is 1. The van der Waals surface area contributed by atoms with Crippen LogP contribution in [0.15, 0.2) is 26.8 Å². The largest absolute Gasteiger partial charge is 0.493 e. The van der Waals surface area contributed by atoms with E-state index in [1.54, 1.807) is 19.2 Å². The molecule has 0 radical (unpaired) electrons. The van der Waals surface area contributed by atoms with E-state index < -0.39 is 11.2 Å². The summed E-state index contributed by atoms with van der Waals surface area (Å²) in [6.45, 7) is 2.70. The first kappa shape index (κ1) is 21.2. The van der Waals surface area contributed by atoms with Crippen LogP contribution in [-0.2, 0) is 9.59 Å². The summed E-state index contributed by atoms with van der Waals surface area (Å²) in [4.78, 5) is 22.4. The van der Waals surface area contributed by atoms with Crippen molar-refractivity contribution in [2.75, 3.05) is 13.7 Å². The molecule has 0 bridgehead atoms. The van der Waals surface area contributed by atoms with Crippen molar-refractivity contribution in [1.29, 1.82) is 0 Å². The summed E-state index contributed by atoms with van der Waals surface area (Å²) >= 11 is 4.51. The molecule has 1 aliphatic rings. The van der Waals surface area contributed by atoms with E-state index in [9.17, 15) is 9.59 Å². The van der Waals surface area contributed by atoms with Crippen LogP contribution >= 0.6 is 27.7 Å². The zero-order chi connectivity index (χ0) is 19.8. The summed E-state index contributed by atoms with van der Waals surface area (Å²) in [5.41, 5.74) is 0.718. The second kappa shape index (κ2) is 10.3. The Labute approximate surface area is 169 Å². The molecule has 0 aromatic heterocycles. The van der Waals surface area contributed by atoms with Crippen molar-refractivity contribution in [3.05, 3.63) is 22.2 Å². The number of benzene rings is 1. The fraction of sp³-hybridized carbons (Fsp3) is 0.412. The number of carboxylic acids is 1. The zero-order valence-electron chi connectivity index (χ0n) is 14.9. The van der Waals surface area contributed by atoms with Gasteiger partial charge in [0.2, 0.25) is 5.91 Å². The number of hydrogen-bond acceptors (Lipinski definition) is 7. The number of carbonyl (C=O) groups is 2. The predicted molar refractivity (Wildman–Crippen MR) is 108 cm³/mol. The summed E-state index contributed by atoms with van der Waals surface area (Å²) in [5, 5.41) is 18.8. The number of hydrogen-bond donors (Lipinski definition) is 2. The third-order valence-electron chi connectivity index (χ3n) is 3.52. The molecule has 1 saturated heterocycles. The quantitative estimate of drug-likeness (QED) is 0.335. The molecule has 146 valence electrons. The summed E-state index contributed by atoms with van der Waals surface area (Å²) in [6.07, 6.45) is 3.23. The molecule has 10 heteroatoms. The van der Waals surface area contributed by atoms with Crippen LogP contribution in [0.2, 0.25) is 0 Å². The van der Waals surface area contributed by atoms with Crippen LogP contribution < -0.4 is 14.8 Å². The third kappa shape index (κ3) is 6.24. The number of thioether (sulfide) groups is 1. The van der Waals surface area contributed by atoms with Gasteiger partial charge < -0.3 is 19.9 Å². The van der Waals surface area contributed by atoms with E-state index >= 15 is 0 Å². The topological polar surface area (TPSA) is 110 Å². The fourth-order valence-electron chi connectivity index (χ4n) is 2.14. The molecule has 1 aliphatic heterocycles. The monoisotopic (exact) mass is 457 g/mol. The summed E-state index contributed by atoms with van der Waals surface area (Å²) in [6, 6.07) is 3.57. The van der Waals surface area contributed by atoms with Gasteiger partial charge in [-0.15, -0.1) is 5.10 Å². The Hall–Kier alpha value is -2.07. The molecule has 1 fully saturated rings. The normalized spacial score (nSPS) is 18.1. The van der Waals surface area contributed by atoms with Crippen molar-refractivity contribution < 1.29 is 24.2 Å². The number of nitrogens with zero attached hydrogens (tertiary/aromatic N) is 2. The van der Waals surface area contributed by atoms with Crippen LogP contribution in [0.3, 0.4) is 0 Å². The molecule has 27 heavy (non-hydrogen) atoms. The van der Waals surface area contributed by atoms with Crippen molar-refractivity contribution in [2.45, 2.75) is 31.4 Å². The van der Waals surface area contributed by atoms with Gasteiger partial charge in [0.05, 0.1) is 26.4 Å². The minimum Gasteiger partial charge on any atom is -0.493 e. The van der Waals surface area contributed by atoms with Crippen LogP contribution in [0.5, 0.6) is 11.5 Å². The summed E-state index contributed by atoms with van der Waals surface area (Å²) in [7, 11) is 1.56. The summed E-state index contributed by atoms with van der Waals surface area (Å²) in [5.74, 6) is -0.206. The van der Waals surface area contributed by atoms with Gasteiger partial charge in [-0.05, 0) is 34.5 Å². The van der Waals surface area contributed by atoms with Crippen molar-refractivity contribution in [2.24, 2.45) is 10.2 Å². The number of ether oxygens (including phenoxy) is 2. The molecule has 2 rings (SSSR count). The Morgan fingerprint density at radius 1 is 1.44 bits per heavy atom. The van der Waals surface area contributed by atoms with Crippen LogP contribution in [0, 0.1) is 0 Å².